The second kappa shape index (κ2) is 6.96. The minimum Gasteiger partial charge on any atom is -0.493 e. The molecule has 28 heavy (non-hydrogen) atoms. The highest BCUT2D eigenvalue weighted by atomic mass is 32.2. The van der Waals surface area contributed by atoms with E-state index in [4.69, 9.17) is 13.9 Å². The molecule has 2 atom stereocenters. The van der Waals surface area contributed by atoms with Crippen LogP contribution in [0.4, 0.5) is 0 Å². The van der Waals surface area contributed by atoms with Crippen LogP contribution in [0.2, 0.25) is 0 Å². The van der Waals surface area contributed by atoms with Crippen LogP contribution in [0.1, 0.15) is 29.2 Å². The van der Waals surface area contributed by atoms with Crippen LogP contribution in [0.3, 0.4) is 0 Å². The van der Waals surface area contributed by atoms with E-state index in [1.807, 2.05) is 24.3 Å². The van der Waals surface area contributed by atoms with Crippen molar-refractivity contribution in [1.29, 1.82) is 0 Å². The molecular weight excluding hydrogens is 372 g/mol. The summed E-state index contributed by atoms with van der Waals surface area (Å²) in [5, 5.41) is 2.12. The topological polar surface area (TPSA) is 46.9 Å². The molecular formula is C22H20N2O3S. The standard InChI is InChI=1S/C22H20N2O3S/c1-25-20-6-3-5-16-18-13-17(19-7-4-12-26-19)23-24(18)22(27-21(16)20)14-8-10-15(28-2)11-9-14/h3-13,18,22-23H,1-2H3. The summed E-state index contributed by atoms with van der Waals surface area (Å²) in [7, 11) is 1.67. The molecule has 0 radical (unpaired) electrons. The molecule has 0 fully saturated rings. The van der Waals surface area contributed by atoms with Crippen molar-refractivity contribution in [3.05, 3.63) is 83.8 Å². The summed E-state index contributed by atoms with van der Waals surface area (Å²) < 4.78 is 17.6. The van der Waals surface area contributed by atoms with Crippen molar-refractivity contribution < 1.29 is 13.9 Å². The lowest BCUT2D eigenvalue weighted by Crippen LogP contribution is -2.43. The highest BCUT2D eigenvalue weighted by Crippen LogP contribution is 2.49. The van der Waals surface area contributed by atoms with Gasteiger partial charge in [0.05, 0.1) is 25.1 Å². The zero-order valence-electron chi connectivity index (χ0n) is 15.6. The van der Waals surface area contributed by atoms with Crippen LogP contribution in [0.25, 0.3) is 5.70 Å². The summed E-state index contributed by atoms with van der Waals surface area (Å²) in [4.78, 5) is 1.22. The molecule has 1 N–H and O–H groups in total. The zero-order chi connectivity index (χ0) is 19.1. The average Bonchev–Trinajstić information content (AvgIpc) is 3.42. The number of rotatable bonds is 4. The number of fused-ring (bicyclic) bond motifs is 3. The van der Waals surface area contributed by atoms with Crippen molar-refractivity contribution in [2.75, 3.05) is 13.4 Å². The maximum atomic E-state index is 6.46. The van der Waals surface area contributed by atoms with Crippen LogP contribution in [-0.4, -0.2) is 18.4 Å². The highest BCUT2D eigenvalue weighted by Gasteiger charge is 2.41. The fraction of sp³-hybridized carbons (Fsp3) is 0.182. The van der Waals surface area contributed by atoms with Crippen LogP contribution in [0.5, 0.6) is 11.5 Å². The van der Waals surface area contributed by atoms with Crippen LogP contribution in [0, 0.1) is 0 Å². The molecule has 2 aliphatic heterocycles. The van der Waals surface area contributed by atoms with Gasteiger partial charge in [-0.2, -0.15) is 5.01 Å². The molecule has 3 heterocycles. The van der Waals surface area contributed by atoms with Crippen LogP contribution >= 0.6 is 11.8 Å². The van der Waals surface area contributed by atoms with Crippen molar-refractivity contribution in [2.45, 2.75) is 17.2 Å². The lowest BCUT2D eigenvalue weighted by Gasteiger charge is -2.39. The first-order chi connectivity index (χ1) is 13.8. The first kappa shape index (κ1) is 17.3. The largest absolute Gasteiger partial charge is 0.493 e. The Hall–Kier alpha value is -2.83. The Balaban J connectivity index is 1.60. The van der Waals surface area contributed by atoms with Crippen LogP contribution < -0.4 is 14.9 Å². The molecule has 0 spiro atoms. The minimum atomic E-state index is -0.298. The van der Waals surface area contributed by atoms with Crippen molar-refractivity contribution in [3.63, 3.8) is 0 Å². The van der Waals surface area contributed by atoms with Crippen molar-refractivity contribution >= 4 is 17.5 Å². The molecule has 0 saturated heterocycles. The number of furan rings is 1. The molecule has 0 aliphatic carbocycles. The number of nitrogens with zero attached hydrogens (tertiary/aromatic N) is 1. The number of nitrogens with one attached hydrogen (secondary N) is 1. The predicted molar refractivity (Wildman–Crippen MR) is 109 cm³/mol. The van der Waals surface area contributed by atoms with E-state index in [-0.39, 0.29) is 12.3 Å². The molecule has 2 aromatic carbocycles. The van der Waals surface area contributed by atoms with Crippen molar-refractivity contribution in [2.24, 2.45) is 0 Å². The number of ether oxygens (including phenoxy) is 2. The second-order valence-corrected chi connectivity index (χ2v) is 7.52. The first-order valence-electron chi connectivity index (χ1n) is 9.06. The summed E-state index contributed by atoms with van der Waals surface area (Å²) in [5.41, 5.74) is 6.54. The van der Waals surface area contributed by atoms with E-state index in [0.717, 1.165) is 34.1 Å². The number of methoxy groups -OCH3 is 1. The Bertz CT molecular complexity index is 1010. The number of hydrogen-bond donors (Lipinski definition) is 1. The van der Waals surface area contributed by atoms with E-state index < -0.39 is 0 Å². The third-order valence-corrected chi connectivity index (χ3v) is 5.83. The van der Waals surface area contributed by atoms with Crippen molar-refractivity contribution in [1.82, 2.24) is 10.4 Å². The van der Waals surface area contributed by atoms with E-state index >= 15 is 0 Å². The van der Waals surface area contributed by atoms with E-state index in [1.165, 1.54) is 4.90 Å². The lowest BCUT2D eigenvalue weighted by molar-refractivity contribution is -0.0345. The van der Waals surface area contributed by atoms with Crippen LogP contribution in [0.15, 0.2) is 76.2 Å². The van der Waals surface area contributed by atoms with Gasteiger partial charge >= 0.3 is 0 Å². The highest BCUT2D eigenvalue weighted by molar-refractivity contribution is 7.98. The molecule has 142 valence electrons. The summed E-state index contributed by atoms with van der Waals surface area (Å²) in [6, 6.07) is 18.3. The van der Waals surface area contributed by atoms with E-state index in [0.29, 0.717) is 0 Å². The number of benzene rings is 2. The number of para-hydroxylation sites is 1. The van der Waals surface area contributed by atoms with Gasteiger partial charge in [0, 0.05) is 16.0 Å². The fourth-order valence-corrected chi connectivity index (χ4v) is 4.12. The molecule has 0 saturated carbocycles. The predicted octanol–water partition coefficient (Wildman–Crippen LogP) is 5.00. The summed E-state index contributed by atoms with van der Waals surface area (Å²) in [6.45, 7) is 0. The summed E-state index contributed by atoms with van der Waals surface area (Å²) >= 11 is 1.72. The molecule has 6 heteroatoms. The quantitative estimate of drug-likeness (QED) is 0.630. The van der Waals surface area contributed by atoms with E-state index in [1.54, 1.807) is 25.1 Å². The maximum absolute atomic E-state index is 6.46. The lowest BCUT2D eigenvalue weighted by atomic mass is 10.0. The smallest absolute Gasteiger partial charge is 0.196 e. The Labute approximate surface area is 167 Å². The van der Waals surface area contributed by atoms with E-state index in [2.05, 4.69) is 53.1 Å². The van der Waals surface area contributed by atoms with Crippen molar-refractivity contribution in [3.8, 4) is 11.5 Å². The molecule has 2 unspecified atom stereocenters. The number of thioether (sulfide) groups is 1. The molecule has 5 rings (SSSR count). The average molecular weight is 392 g/mol. The fourth-order valence-electron chi connectivity index (χ4n) is 3.72. The van der Waals surface area contributed by atoms with Gasteiger partial charge in [-0.05, 0) is 42.7 Å². The Morgan fingerprint density at radius 2 is 1.93 bits per heavy atom. The van der Waals surface area contributed by atoms with Gasteiger partial charge in [-0.1, -0.05) is 24.3 Å². The normalized spacial score (nSPS) is 20.6. The Morgan fingerprint density at radius 3 is 2.64 bits per heavy atom. The summed E-state index contributed by atoms with van der Waals surface area (Å²) in [6.07, 6.45) is 5.63. The SMILES string of the molecule is COc1cccc2c1OC(c1ccc(SC)cc1)N1NC(c3ccco3)=CC21. The van der Waals surface area contributed by atoms with Gasteiger partial charge in [0.15, 0.2) is 23.5 Å². The summed E-state index contributed by atoms with van der Waals surface area (Å²) in [5.74, 6) is 2.32. The van der Waals surface area contributed by atoms with E-state index in [9.17, 15) is 0 Å². The molecule has 0 bridgehead atoms. The Morgan fingerprint density at radius 1 is 1.07 bits per heavy atom. The monoisotopic (exact) mass is 392 g/mol. The molecule has 1 aromatic heterocycles. The van der Waals surface area contributed by atoms with Gasteiger partial charge < -0.3 is 19.3 Å². The van der Waals surface area contributed by atoms with Crippen LogP contribution in [-0.2, 0) is 0 Å². The number of hydrogen-bond acceptors (Lipinski definition) is 6. The van der Waals surface area contributed by atoms with Gasteiger partial charge in [-0.3, -0.25) is 0 Å². The Kier molecular flexibility index (Phi) is 4.30. The third kappa shape index (κ3) is 2.77. The minimum absolute atomic E-state index is 0.00387. The molecule has 0 amide bonds. The van der Waals surface area contributed by atoms with Gasteiger partial charge in [0.2, 0.25) is 0 Å². The third-order valence-electron chi connectivity index (χ3n) is 5.09. The van der Waals surface area contributed by atoms with Gasteiger partial charge in [-0.15, -0.1) is 11.8 Å². The second-order valence-electron chi connectivity index (χ2n) is 6.64. The van der Waals surface area contributed by atoms with Gasteiger partial charge in [-0.25, -0.2) is 0 Å². The molecule has 2 aliphatic rings. The van der Waals surface area contributed by atoms with Gasteiger partial charge in [0.1, 0.15) is 0 Å². The number of hydrazine groups is 1. The van der Waals surface area contributed by atoms with Gasteiger partial charge in [0.25, 0.3) is 0 Å². The molecule has 3 aromatic rings. The molecule has 5 nitrogen and oxygen atoms in total. The maximum Gasteiger partial charge on any atom is 0.196 e. The zero-order valence-corrected chi connectivity index (χ0v) is 16.4. The first-order valence-corrected chi connectivity index (χ1v) is 10.3.